The first kappa shape index (κ1) is 11.1. The van der Waals surface area contributed by atoms with E-state index in [9.17, 15) is 4.79 Å². The molecule has 3 heterocycles. The zero-order valence-corrected chi connectivity index (χ0v) is 10.4. The lowest BCUT2D eigenvalue weighted by Crippen LogP contribution is -2.09. The third-order valence-corrected chi connectivity index (χ3v) is 5.70. The van der Waals surface area contributed by atoms with Crippen molar-refractivity contribution < 1.29 is 5.11 Å². The van der Waals surface area contributed by atoms with E-state index in [0.29, 0.717) is 11.2 Å². The van der Waals surface area contributed by atoms with Crippen LogP contribution in [0.2, 0.25) is 0 Å². The van der Waals surface area contributed by atoms with Crippen LogP contribution < -0.4 is 5.56 Å². The normalized spacial score (nSPS) is 24.5. The topological polar surface area (TPSA) is 83.8 Å². The van der Waals surface area contributed by atoms with E-state index in [-0.39, 0.29) is 22.1 Å². The molecule has 0 aromatic carbocycles. The second-order valence-corrected chi connectivity index (χ2v) is 6.51. The number of nitrogens with zero attached hydrogens (tertiary/aromatic N) is 3. The van der Waals surface area contributed by atoms with E-state index >= 15 is 0 Å². The Bertz CT molecular complexity index is 596. The molecule has 0 amide bonds. The van der Waals surface area contributed by atoms with Gasteiger partial charge in [0.1, 0.15) is 0 Å². The van der Waals surface area contributed by atoms with Crippen molar-refractivity contribution in [3.8, 4) is 0 Å². The fourth-order valence-electron chi connectivity index (χ4n) is 1.76. The molecule has 8 heteroatoms. The van der Waals surface area contributed by atoms with Gasteiger partial charge in [-0.2, -0.15) is 0 Å². The number of hydrogen-bond donors (Lipinski definition) is 2. The average Bonchev–Trinajstić information content (AvgIpc) is 2.94. The van der Waals surface area contributed by atoms with E-state index in [1.165, 1.54) is 6.33 Å². The van der Waals surface area contributed by atoms with Crippen LogP contribution in [0.1, 0.15) is 5.37 Å². The first-order chi connectivity index (χ1) is 8.29. The molecule has 1 fully saturated rings. The van der Waals surface area contributed by atoms with Crippen molar-refractivity contribution in [1.82, 2.24) is 19.5 Å². The number of aliphatic hydroxyl groups excluding tert-OH is 1. The van der Waals surface area contributed by atoms with E-state index in [1.54, 1.807) is 29.9 Å². The smallest absolute Gasteiger partial charge is 0.278 e. The van der Waals surface area contributed by atoms with Crippen LogP contribution >= 0.6 is 23.5 Å². The molecule has 2 aromatic heterocycles. The first-order valence-electron chi connectivity index (χ1n) is 5.07. The number of rotatable bonds is 2. The number of aromatic amines is 1. The lowest BCUT2D eigenvalue weighted by molar-refractivity contribution is 0.316. The van der Waals surface area contributed by atoms with E-state index in [0.717, 1.165) is 5.75 Å². The van der Waals surface area contributed by atoms with Crippen LogP contribution in [-0.4, -0.2) is 41.6 Å². The van der Waals surface area contributed by atoms with Gasteiger partial charge >= 0.3 is 0 Å². The maximum absolute atomic E-state index is 11.5. The van der Waals surface area contributed by atoms with Gasteiger partial charge in [0.05, 0.1) is 29.2 Å². The van der Waals surface area contributed by atoms with Crippen LogP contribution in [0.4, 0.5) is 0 Å². The maximum Gasteiger partial charge on any atom is 0.278 e. The van der Waals surface area contributed by atoms with Gasteiger partial charge in [-0.25, -0.2) is 9.97 Å². The summed E-state index contributed by atoms with van der Waals surface area (Å²) in [7, 11) is 0. The molecule has 0 bridgehead atoms. The Morgan fingerprint density at radius 1 is 1.59 bits per heavy atom. The highest BCUT2D eigenvalue weighted by Crippen LogP contribution is 2.44. The predicted octanol–water partition coefficient (Wildman–Crippen LogP) is 0.417. The van der Waals surface area contributed by atoms with Crippen molar-refractivity contribution in [1.29, 1.82) is 0 Å². The van der Waals surface area contributed by atoms with Gasteiger partial charge in [0.25, 0.3) is 5.56 Å². The Hall–Kier alpha value is -0.990. The molecule has 1 saturated heterocycles. The molecule has 0 aliphatic carbocycles. The summed E-state index contributed by atoms with van der Waals surface area (Å²) in [5.41, 5.74) is 0.749. The van der Waals surface area contributed by atoms with Crippen LogP contribution in [0.3, 0.4) is 0 Å². The van der Waals surface area contributed by atoms with E-state index < -0.39 is 0 Å². The number of H-pyrrole nitrogens is 1. The van der Waals surface area contributed by atoms with E-state index in [2.05, 4.69) is 15.0 Å². The fraction of sp³-hybridized carbons (Fsp3) is 0.444. The molecular weight excluding hydrogens is 260 g/mol. The fourth-order valence-corrected chi connectivity index (χ4v) is 4.61. The van der Waals surface area contributed by atoms with Gasteiger partial charge in [-0.1, -0.05) is 0 Å². The number of fused-ring (bicyclic) bond motifs is 1. The van der Waals surface area contributed by atoms with Gasteiger partial charge < -0.3 is 14.7 Å². The van der Waals surface area contributed by atoms with Crippen LogP contribution in [0, 0.1) is 0 Å². The minimum absolute atomic E-state index is 0.159. The summed E-state index contributed by atoms with van der Waals surface area (Å²) < 4.78 is 2.09. The van der Waals surface area contributed by atoms with Gasteiger partial charge in [-0.05, 0) is 0 Å². The lowest BCUT2D eigenvalue weighted by atomic mass is 10.5. The minimum atomic E-state index is -0.219. The Morgan fingerprint density at radius 2 is 2.47 bits per heavy atom. The zero-order chi connectivity index (χ0) is 11.8. The summed E-state index contributed by atoms with van der Waals surface area (Å²) in [6.45, 7) is 0.159. The lowest BCUT2D eigenvalue weighted by Gasteiger charge is -2.10. The number of thioether (sulfide) groups is 2. The van der Waals surface area contributed by atoms with Crippen LogP contribution in [-0.2, 0) is 0 Å². The van der Waals surface area contributed by atoms with Crippen molar-refractivity contribution in [3.63, 3.8) is 0 Å². The molecule has 3 rings (SSSR count). The van der Waals surface area contributed by atoms with Crippen LogP contribution in [0.5, 0.6) is 0 Å². The Morgan fingerprint density at radius 3 is 3.24 bits per heavy atom. The highest BCUT2D eigenvalue weighted by Gasteiger charge is 2.28. The molecule has 2 N–H and O–H groups in total. The Labute approximate surface area is 105 Å². The molecule has 2 aromatic rings. The minimum Gasteiger partial charge on any atom is -0.394 e. The van der Waals surface area contributed by atoms with Gasteiger partial charge in [-0.3, -0.25) is 4.79 Å². The van der Waals surface area contributed by atoms with Gasteiger partial charge in [0, 0.05) is 5.75 Å². The third-order valence-electron chi connectivity index (χ3n) is 2.56. The summed E-state index contributed by atoms with van der Waals surface area (Å²) in [4.78, 5) is 22.3. The molecule has 17 heavy (non-hydrogen) atoms. The number of imidazole rings is 1. The highest BCUT2D eigenvalue weighted by molar-refractivity contribution is 8.20. The van der Waals surface area contributed by atoms with Gasteiger partial charge in [0.15, 0.2) is 11.2 Å². The maximum atomic E-state index is 11.5. The zero-order valence-electron chi connectivity index (χ0n) is 8.74. The largest absolute Gasteiger partial charge is 0.394 e. The molecule has 0 saturated carbocycles. The SMILES string of the molecule is O=c1[nH]cnc2c1ncn2[C@H]1CS[C@@H](CO)S1. The number of aromatic nitrogens is 4. The monoisotopic (exact) mass is 270 g/mol. The molecule has 0 unspecified atom stereocenters. The summed E-state index contributed by atoms with van der Waals surface area (Å²) in [6.07, 6.45) is 3.03. The summed E-state index contributed by atoms with van der Waals surface area (Å²) in [5, 5.41) is 9.28. The molecule has 1 aliphatic rings. The molecule has 2 atom stereocenters. The second-order valence-electron chi connectivity index (χ2n) is 3.59. The molecule has 0 spiro atoms. The van der Waals surface area contributed by atoms with Crippen molar-refractivity contribution >= 4 is 34.7 Å². The number of nitrogens with one attached hydrogen (secondary N) is 1. The van der Waals surface area contributed by atoms with Gasteiger partial charge in [-0.15, -0.1) is 23.5 Å². The number of aliphatic hydroxyl groups is 1. The highest BCUT2D eigenvalue weighted by atomic mass is 32.2. The van der Waals surface area contributed by atoms with Crippen molar-refractivity contribution in [3.05, 3.63) is 23.0 Å². The summed E-state index contributed by atoms with van der Waals surface area (Å²) in [5.74, 6) is 0.885. The van der Waals surface area contributed by atoms with Crippen LogP contribution in [0.25, 0.3) is 11.2 Å². The molecule has 90 valence electrons. The molecule has 6 nitrogen and oxygen atoms in total. The van der Waals surface area contributed by atoms with Crippen LogP contribution in [0.15, 0.2) is 17.4 Å². The molecular formula is C9H10N4O2S2. The summed E-state index contributed by atoms with van der Waals surface area (Å²) in [6, 6.07) is 0. The summed E-state index contributed by atoms with van der Waals surface area (Å²) >= 11 is 3.38. The Kier molecular flexibility index (Phi) is 2.85. The Balaban J connectivity index is 2.02. The van der Waals surface area contributed by atoms with E-state index in [4.69, 9.17) is 5.11 Å². The van der Waals surface area contributed by atoms with E-state index in [1.807, 2.05) is 4.57 Å². The standard InChI is InChI=1S/C9H10N4O2S2/c14-1-6-16-2-5(17-6)13-4-12-7-8(13)10-3-11-9(7)15/h3-6,14H,1-2H2,(H,10,11,15)/t5-,6-/m1/s1. The molecule has 0 radical (unpaired) electrons. The first-order valence-corrected chi connectivity index (χ1v) is 7.07. The third kappa shape index (κ3) is 1.85. The van der Waals surface area contributed by atoms with Crippen molar-refractivity contribution in [2.24, 2.45) is 0 Å². The van der Waals surface area contributed by atoms with Crippen molar-refractivity contribution in [2.45, 2.75) is 9.96 Å². The van der Waals surface area contributed by atoms with Crippen molar-refractivity contribution in [2.75, 3.05) is 12.4 Å². The van der Waals surface area contributed by atoms with Gasteiger partial charge in [0.2, 0.25) is 0 Å². The average molecular weight is 270 g/mol. The second kappa shape index (κ2) is 4.35. The molecule has 1 aliphatic heterocycles. The number of hydrogen-bond acceptors (Lipinski definition) is 6. The predicted molar refractivity (Wildman–Crippen MR) is 68.1 cm³/mol. The quantitative estimate of drug-likeness (QED) is 0.822.